The maximum absolute atomic E-state index is 6.10. The van der Waals surface area contributed by atoms with E-state index in [1.54, 1.807) is 6.20 Å². The SMILES string of the molecule is CC(OC1CCCCO1)c1nccn1Cc1cc(-c2ccc(C#CC3CC(NC4COC4)C3)cc2)on1. The van der Waals surface area contributed by atoms with E-state index in [0.717, 1.165) is 80.3 Å². The fourth-order valence-corrected chi connectivity index (χ4v) is 5.06. The molecule has 8 heteroatoms. The third kappa shape index (κ3) is 5.97. The second kappa shape index (κ2) is 11.2. The second-order valence-corrected chi connectivity index (χ2v) is 10.3. The van der Waals surface area contributed by atoms with Gasteiger partial charge in [0.05, 0.1) is 25.8 Å². The van der Waals surface area contributed by atoms with E-state index < -0.39 is 0 Å². The zero-order chi connectivity index (χ0) is 25.0. The van der Waals surface area contributed by atoms with E-state index in [-0.39, 0.29) is 12.4 Å². The minimum absolute atomic E-state index is 0.157. The largest absolute Gasteiger partial charge is 0.378 e. The molecule has 1 aromatic carbocycles. The molecule has 0 radical (unpaired) electrons. The van der Waals surface area contributed by atoms with Gasteiger partial charge in [0.2, 0.25) is 0 Å². The molecule has 3 aromatic rings. The molecule has 0 spiro atoms. The molecule has 1 aliphatic carbocycles. The fraction of sp³-hybridized carbons (Fsp3) is 0.517. The second-order valence-electron chi connectivity index (χ2n) is 10.3. The summed E-state index contributed by atoms with van der Waals surface area (Å²) in [5, 5.41) is 7.91. The summed E-state index contributed by atoms with van der Waals surface area (Å²) in [7, 11) is 0. The molecule has 2 saturated heterocycles. The summed E-state index contributed by atoms with van der Waals surface area (Å²) >= 11 is 0. The van der Waals surface area contributed by atoms with Crippen LogP contribution >= 0.6 is 0 Å². The zero-order valence-corrected chi connectivity index (χ0v) is 21.3. The minimum Gasteiger partial charge on any atom is -0.378 e. The van der Waals surface area contributed by atoms with Crippen LogP contribution in [0.2, 0.25) is 0 Å². The van der Waals surface area contributed by atoms with Crippen LogP contribution in [-0.4, -0.2) is 52.9 Å². The number of hydrogen-bond acceptors (Lipinski definition) is 7. The van der Waals surface area contributed by atoms with Crippen molar-refractivity contribution in [2.24, 2.45) is 5.92 Å². The molecule has 1 saturated carbocycles. The highest BCUT2D eigenvalue weighted by atomic mass is 16.7. The average Bonchev–Trinajstić information content (AvgIpc) is 3.53. The lowest BCUT2D eigenvalue weighted by Gasteiger charge is -2.38. The van der Waals surface area contributed by atoms with Crippen molar-refractivity contribution >= 4 is 0 Å². The first kappa shape index (κ1) is 24.4. The van der Waals surface area contributed by atoms with Gasteiger partial charge in [-0.2, -0.15) is 0 Å². The van der Waals surface area contributed by atoms with Crippen molar-refractivity contribution in [2.75, 3.05) is 19.8 Å². The van der Waals surface area contributed by atoms with Crippen LogP contribution in [0.5, 0.6) is 0 Å². The molecule has 3 aliphatic rings. The highest BCUT2D eigenvalue weighted by molar-refractivity contribution is 5.59. The summed E-state index contributed by atoms with van der Waals surface area (Å²) in [5.41, 5.74) is 2.84. The molecular weight excluding hydrogens is 468 g/mol. The van der Waals surface area contributed by atoms with Crippen LogP contribution in [0.25, 0.3) is 11.3 Å². The molecule has 2 unspecified atom stereocenters. The van der Waals surface area contributed by atoms with Gasteiger partial charge in [0, 0.05) is 48.2 Å². The van der Waals surface area contributed by atoms with Gasteiger partial charge in [-0.05, 0) is 63.3 Å². The van der Waals surface area contributed by atoms with Crippen LogP contribution in [0.4, 0.5) is 0 Å². The van der Waals surface area contributed by atoms with Crippen LogP contribution in [0, 0.1) is 17.8 Å². The molecule has 8 nitrogen and oxygen atoms in total. The Balaban J connectivity index is 1.03. The third-order valence-electron chi connectivity index (χ3n) is 7.33. The molecule has 37 heavy (non-hydrogen) atoms. The smallest absolute Gasteiger partial charge is 0.167 e. The quantitative estimate of drug-likeness (QED) is 0.460. The molecule has 2 aromatic heterocycles. The number of aromatic nitrogens is 3. The number of hydrogen-bond donors (Lipinski definition) is 1. The van der Waals surface area contributed by atoms with Crippen LogP contribution in [-0.2, 0) is 20.8 Å². The van der Waals surface area contributed by atoms with Gasteiger partial charge < -0.3 is 28.6 Å². The molecule has 3 fully saturated rings. The number of rotatable bonds is 8. The van der Waals surface area contributed by atoms with Crippen molar-refractivity contribution in [3.63, 3.8) is 0 Å². The molecule has 0 amide bonds. The van der Waals surface area contributed by atoms with Gasteiger partial charge in [-0.15, -0.1) is 0 Å². The molecule has 0 bridgehead atoms. The first-order chi connectivity index (χ1) is 18.2. The van der Waals surface area contributed by atoms with E-state index in [9.17, 15) is 0 Å². The van der Waals surface area contributed by atoms with Crippen LogP contribution < -0.4 is 5.32 Å². The van der Waals surface area contributed by atoms with Crippen molar-refractivity contribution in [3.8, 4) is 23.2 Å². The molecule has 4 heterocycles. The lowest BCUT2D eigenvalue weighted by Crippen LogP contribution is -2.54. The van der Waals surface area contributed by atoms with E-state index in [1.165, 1.54) is 0 Å². The van der Waals surface area contributed by atoms with Crippen molar-refractivity contribution in [1.82, 2.24) is 20.0 Å². The Labute approximate surface area is 217 Å². The van der Waals surface area contributed by atoms with E-state index in [1.807, 2.05) is 48.0 Å². The first-order valence-electron chi connectivity index (χ1n) is 13.4. The molecule has 6 rings (SSSR count). The monoisotopic (exact) mass is 502 g/mol. The van der Waals surface area contributed by atoms with E-state index in [4.69, 9.17) is 18.7 Å². The summed E-state index contributed by atoms with van der Waals surface area (Å²) in [6.45, 7) is 5.03. The first-order valence-corrected chi connectivity index (χ1v) is 13.4. The van der Waals surface area contributed by atoms with Gasteiger partial charge >= 0.3 is 0 Å². The van der Waals surface area contributed by atoms with Crippen molar-refractivity contribution in [3.05, 3.63) is 59.8 Å². The number of nitrogens with one attached hydrogen (secondary N) is 1. The van der Waals surface area contributed by atoms with Crippen LogP contribution in [0.3, 0.4) is 0 Å². The molecule has 2 aliphatic heterocycles. The fourth-order valence-electron chi connectivity index (χ4n) is 5.06. The van der Waals surface area contributed by atoms with E-state index in [0.29, 0.717) is 24.5 Å². The Hall–Kier alpha value is -2.96. The highest BCUT2D eigenvalue weighted by Gasteiger charge is 2.31. The van der Waals surface area contributed by atoms with Crippen molar-refractivity contribution < 1.29 is 18.7 Å². The Morgan fingerprint density at radius 3 is 2.78 bits per heavy atom. The Bertz CT molecular complexity index is 1220. The number of imidazole rings is 1. The molecule has 1 N–H and O–H groups in total. The zero-order valence-electron chi connectivity index (χ0n) is 21.3. The van der Waals surface area contributed by atoms with Gasteiger partial charge in [-0.1, -0.05) is 17.0 Å². The number of nitrogens with zero attached hydrogens (tertiary/aromatic N) is 3. The molecule has 194 valence electrons. The highest BCUT2D eigenvalue weighted by Crippen LogP contribution is 2.28. The lowest BCUT2D eigenvalue weighted by atomic mass is 9.80. The Morgan fingerprint density at radius 1 is 1.16 bits per heavy atom. The maximum Gasteiger partial charge on any atom is 0.167 e. The minimum atomic E-state index is -0.169. The summed E-state index contributed by atoms with van der Waals surface area (Å²) in [6.07, 6.45) is 8.83. The predicted molar refractivity (Wildman–Crippen MR) is 137 cm³/mol. The number of benzene rings is 1. The van der Waals surface area contributed by atoms with Crippen molar-refractivity contribution in [1.29, 1.82) is 0 Å². The van der Waals surface area contributed by atoms with Gasteiger partial charge in [0.15, 0.2) is 12.1 Å². The Kier molecular flexibility index (Phi) is 7.38. The molecule has 2 atom stereocenters. The van der Waals surface area contributed by atoms with Gasteiger partial charge in [-0.3, -0.25) is 0 Å². The van der Waals surface area contributed by atoms with E-state index in [2.05, 4.69) is 27.3 Å². The lowest BCUT2D eigenvalue weighted by molar-refractivity contribution is -0.188. The summed E-state index contributed by atoms with van der Waals surface area (Å²) < 4.78 is 24.8. The van der Waals surface area contributed by atoms with Gasteiger partial charge in [0.25, 0.3) is 0 Å². The predicted octanol–water partition coefficient (Wildman–Crippen LogP) is 4.31. The molecular formula is C29H34N4O4. The van der Waals surface area contributed by atoms with Crippen LogP contribution in [0.15, 0.2) is 47.2 Å². The normalized spacial score (nSPS) is 24.5. The summed E-state index contributed by atoms with van der Waals surface area (Å²) in [5.74, 6) is 8.82. The van der Waals surface area contributed by atoms with Gasteiger partial charge in [0.1, 0.15) is 17.6 Å². The van der Waals surface area contributed by atoms with Gasteiger partial charge in [-0.25, -0.2) is 4.98 Å². The maximum atomic E-state index is 6.10. The topological polar surface area (TPSA) is 83.6 Å². The average molecular weight is 503 g/mol. The van der Waals surface area contributed by atoms with Crippen molar-refractivity contribution in [2.45, 2.75) is 70.1 Å². The number of ether oxygens (including phenoxy) is 3. The summed E-state index contributed by atoms with van der Waals surface area (Å²) in [4.78, 5) is 4.52. The van der Waals surface area contributed by atoms with Crippen LogP contribution in [0.1, 0.15) is 62.2 Å². The summed E-state index contributed by atoms with van der Waals surface area (Å²) in [6, 6.07) is 11.3. The standard InChI is InChI=1S/C29H34N4O4/c1-20(36-28-4-2-3-13-35-28)29-30-11-12-33(29)17-25-16-27(37-32-25)23-9-7-21(8-10-23)5-6-22-14-24(15-22)31-26-18-34-19-26/h7-12,16,20,22,24,26,28,31H,2-4,13-15,17-19H2,1H3. The third-order valence-corrected chi connectivity index (χ3v) is 7.33. The van der Waals surface area contributed by atoms with E-state index >= 15 is 0 Å². The Morgan fingerprint density at radius 2 is 2.03 bits per heavy atom.